The molecular weight excluding hydrogens is 256 g/mol. The first-order valence-corrected chi connectivity index (χ1v) is 7.52. The summed E-state index contributed by atoms with van der Waals surface area (Å²) >= 11 is 5.90. The van der Waals surface area contributed by atoms with Gasteiger partial charge in [0.15, 0.2) is 0 Å². The summed E-state index contributed by atoms with van der Waals surface area (Å²) in [5, 5.41) is 0. The second kappa shape index (κ2) is 7.76. The van der Waals surface area contributed by atoms with Crippen LogP contribution in [-0.4, -0.2) is 38.6 Å². The van der Waals surface area contributed by atoms with Gasteiger partial charge in [0.1, 0.15) is 0 Å². The van der Waals surface area contributed by atoms with Gasteiger partial charge in [-0.1, -0.05) is 26.0 Å². The third-order valence-electron chi connectivity index (χ3n) is 3.16. The number of anilines is 1. The molecule has 0 N–H and O–H groups in total. The number of halogens is 1. The molecule has 3 heteroatoms. The minimum absolute atomic E-state index is 0.586. The Labute approximate surface area is 123 Å². The molecule has 0 aliphatic heterocycles. The van der Waals surface area contributed by atoms with Crippen molar-refractivity contribution in [1.82, 2.24) is 4.90 Å². The Balaban J connectivity index is 2.89. The summed E-state index contributed by atoms with van der Waals surface area (Å²) in [7, 11) is 4.24. The maximum Gasteiger partial charge on any atom is 0.0474 e. The predicted octanol–water partition coefficient (Wildman–Crippen LogP) is 3.76. The summed E-state index contributed by atoms with van der Waals surface area (Å²) in [4.78, 5) is 4.72. The lowest BCUT2D eigenvalue weighted by Gasteiger charge is -2.29. The summed E-state index contributed by atoms with van der Waals surface area (Å²) in [5.41, 5.74) is 3.85. The van der Waals surface area contributed by atoms with Crippen LogP contribution in [0.3, 0.4) is 0 Å². The van der Waals surface area contributed by atoms with E-state index in [1.165, 1.54) is 16.8 Å². The molecule has 0 heterocycles. The summed E-state index contributed by atoms with van der Waals surface area (Å²) in [5.74, 6) is 1.25. The summed E-state index contributed by atoms with van der Waals surface area (Å²) < 4.78 is 0. The smallest absolute Gasteiger partial charge is 0.0474 e. The minimum atomic E-state index is 0.586. The molecule has 1 aromatic rings. The highest BCUT2D eigenvalue weighted by Crippen LogP contribution is 2.23. The van der Waals surface area contributed by atoms with Gasteiger partial charge in [-0.3, -0.25) is 0 Å². The van der Waals surface area contributed by atoms with Crippen molar-refractivity contribution in [3.05, 3.63) is 29.3 Å². The fourth-order valence-electron chi connectivity index (χ4n) is 2.23. The van der Waals surface area contributed by atoms with Crippen LogP contribution in [0.2, 0.25) is 0 Å². The zero-order valence-corrected chi connectivity index (χ0v) is 13.7. The maximum absolute atomic E-state index is 5.90. The number of benzene rings is 1. The Morgan fingerprint density at radius 3 is 2.32 bits per heavy atom. The van der Waals surface area contributed by atoms with E-state index < -0.39 is 0 Å². The van der Waals surface area contributed by atoms with Crippen molar-refractivity contribution < 1.29 is 0 Å². The second-order valence-electron chi connectivity index (χ2n) is 5.90. The zero-order valence-electron chi connectivity index (χ0n) is 12.9. The van der Waals surface area contributed by atoms with Crippen molar-refractivity contribution in [2.24, 2.45) is 5.92 Å². The average molecular weight is 283 g/mol. The normalized spacial score (nSPS) is 11.4. The molecule has 0 amide bonds. The zero-order chi connectivity index (χ0) is 14.4. The van der Waals surface area contributed by atoms with Crippen LogP contribution >= 0.6 is 11.6 Å². The molecule has 0 radical (unpaired) electrons. The van der Waals surface area contributed by atoms with E-state index in [4.69, 9.17) is 11.6 Å². The van der Waals surface area contributed by atoms with Crippen LogP contribution in [0.4, 0.5) is 5.69 Å². The van der Waals surface area contributed by atoms with Crippen LogP contribution in [-0.2, 0) is 5.88 Å². The number of aryl methyl sites for hydroxylation is 1. The van der Waals surface area contributed by atoms with Crippen molar-refractivity contribution in [3.8, 4) is 0 Å². The Morgan fingerprint density at radius 1 is 1.16 bits per heavy atom. The van der Waals surface area contributed by atoms with Gasteiger partial charge in [-0.05, 0) is 44.1 Å². The molecule has 0 aromatic heterocycles. The summed E-state index contributed by atoms with van der Waals surface area (Å²) in [6, 6.07) is 6.55. The molecule has 0 unspecified atom stereocenters. The number of rotatable bonds is 7. The van der Waals surface area contributed by atoms with E-state index in [0.717, 1.165) is 19.6 Å². The lowest BCUT2D eigenvalue weighted by atomic mass is 10.1. The lowest BCUT2D eigenvalue weighted by Crippen LogP contribution is -2.34. The highest BCUT2D eigenvalue weighted by atomic mass is 35.5. The number of hydrogen-bond acceptors (Lipinski definition) is 2. The fraction of sp³-hybridized carbons (Fsp3) is 0.625. The monoisotopic (exact) mass is 282 g/mol. The van der Waals surface area contributed by atoms with E-state index in [1.807, 2.05) is 0 Å². The van der Waals surface area contributed by atoms with Gasteiger partial charge < -0.3 is 9.80 Å². The molecule has 0 atom stereocenters. The summed E-state index contributed by atoms with van der Waals surface area (Å²) in [6.07, 6.45) is 0. The molecule has 0 aliphatic carbocycles. The minimum Gasteiger partial charge on any atom is -0.370 e. The first-order chi connectivity index (χ1) is 8.93. The van der Waals surface area contributed by atoms with Gasteiger partial charge in [0.2, 0.25) is 0 Å². The van der Waals surface area contributed by atoms with Crippen LogP contribution in [0, 0.1) is 12.8 Å². The van der Waals surface area contributed by atoms with E-state index in [0.29, 0.717) is 11.8 Å². The summed E-state index contributed by atoms with van der Waals surface area (Å²) in [6.45, 7) is 9.94. The first kappa shape index (κ1) is 16.3. The third kappa shape index (κ3) is 5.42. The largest absolute Gasteiger partial charge is 0.370 e. The van der Waals surface area contributed by atoms with Gasteiger partial charge in [0.25, 0.3) is 0 Å². The van der Waals surface area contributed by atoms with Gasteiger partial charge in [0.05, 0.1) is 0 Å². The van der Waals surface area contributed by atoms with Crippen molar-refractivity contribution in [3.63, 3.8) is 0 Å². The molecule has 2 nitrogen and oxygen atoms in total. The SMILES string of the molecule is Cc1cc(CCl)ccc1N(CCN(C)C)CC(C)C. The Bertz CT molecular complexity index is 388. The van der Waals surface area contributed by atoms with Gasteiger partial charge in [-0.25, -0.2) is 0 Å². The Hall–Kier alpha value is -0.730. The first-order valence-electron chi connectivity index (χ1n) is 6.99. The van der Waals surface area contributed by atoms with Gasteiger partial charge >= 0.3 is 0 Å². The van der Waals surface area contributed by atoms with E-state index in [2.05, 4.69) is 62.9 Å². The third-order valence-corrected chi connectivity index (χ3v) is 3.47. The molecule has 108 valence electrons. The van der Waals surface area contributed by atoms with Crippen molar-refractivity contribution in [1.29, 1.82) is 0 Å². The van der Waals surface area contributed by atoms with Crippen LogP contribution in [0.15, 0.2) is 18.2 Å². The predicted molar refractivity (Wildman–Crippen MR) is 86.3 cm³/mol. The number of nitrogens with zero attached hydrogens (tertiary/aromatic N) is 2. The van der Waals surface area contributed by atoms with E-state index in [9.17, 15) is 0 Å². The van der Waals surface area contributed by atoms with Gasteiger partial charge in [-0.2, -0.15) is 0 Å². The topological polar surface area (TPSA) is 6.48 Å². The van der Waals surface area contributed by atoms with Crippen molar-refractivity contribution in [2.75, 3.05) is 38.6 Å². The van der Waals surface area contributed by atoms with Crippen LogP contribution in [0.5, 0.6) is 0 Å². The molecule has 0 saturated carbocycles. The molecule has 0 bridgehead atoms. The highest BCUT2D eigenvalue weighted by Gasteiger charge is 2.11. The van der Waals surface area contributed by atoms with Gasteiger partial charge in [-0.15, -0.1) is 11.6 Å². The van der Waals surface area contributed by atoms with Crippen LogP contribution in [0.25, 0.3) is 0 Å². The van der Waals surface area contributed by atoms with Gasteiger partial charge in [0, 0.05) is 31.2 Å². The highest BCUT2D eigenvalue weighted by molar-refractivity contribution is 6.17. The Morgan fingerprint density at radius 2 is 1.84 bits per heavy atom. The maximum atomic E-state index is 5.90. The number of hydrogen-bond donors (Lipinski definition) is 0. The molecule has 1 rings (SSSR count). The quantitative estimate of drug-likeness (QED) is 0.703. The molecule has 0 saturated heterocycles. The van der Waals surface area contributed by atoms with E-state index in [1.54, 1.807) is 0 Å². The van der Waals surface area contributed by atoms with E-state index in [-0.39, 0.29) is 0 Å². The van der Waals surface area contributed by atoms with Crippen molar-refractivity contribution >= 4 is 17.3 Å². The second-order valence-corrected chi connectivity index (χ2v) is 6.16. The lowest BCUT2D eigenvalue weighted by molar-refractivity contribution is 0.409. The van der Waals surface area contributed by atoms with Crippen LogP contribution < -0.4 is 4.90 Å². The molecule has 0 aliphatic rings. The number of alkyl halides is 1. The molecular formula is C16H27ClN2. The van der Waals surface area contributed by atoms with Crippen molar-refractivity contribution in [2.45, 2.75) is 26.7 Å². The molecule has 19 heavy (non-hydrogen) atoms. The van der Waals surface area contributed by atoms with E-state index >= 15 is 0 Å². The number of likely N-dealkylation sites (N-methyl/N-ethyl adjacent to an activating group) is 1. The molecule has 0 spiro atoms. The molecule has 0 fully saturated rings. The fourth-order valence-corrected chi connectivity index (χ4v) is 2.39. The Kier molecular flexibility index (Phi) is 6.67. The average Bonchev–Trinajstić information content (AvgIpc) is 2.34. The standard InChI is InChI=1S/C16H27ClN2/c1-13(2)12-19(9-8-18(4)5)16-7-6-15(11-17)10-14(16)3/h6-7,10,13H,8-9,11-12H2,1-5H3. The van der Waals surface area contributed by atoms with Crippen LogP contribution in [0.1, 0.15) is 25.0 Å². The molecule has 1 aromatic carbocycles.